The van der Waals surface area contributed by atoms with Crippen molar-refractivity contribution in [3.8, 4) is 5.75 Å². The minimum Gasteiger partial charge on any atom is -0.492 e. The van der Waals surface area contributed by atoms with Gasteiger partial charge < -0.3 is 9.84 Å². The standard InChI is InChI=1S/C16H23NO3/c1-2-13-7-3-4-9-15(13)20-12-11-17-10-6-5-8-14(17)16(18)19/h3-4,7,9,14H,2,5-6,8,10-12H2,1H3,(H,18,19). The molecule has 1 saturated heterocycles. The van der Waals surface area contributed by atoms with E-state index in [1.54, 1.807) is 0 Å². The largest absolute Gasteiger partial charge is 0.492 e. The molecule has 0 aromatic heterocycles. The van der Waals surface area contributed by atoms with Crippen LogP contribution in [-0.2, 0) is 11.2 Å². The van der Waals surface area contributed by atoms with Crippen molar-refractivity contribution >= 4 is 5.97 Å². The van der Waals surface area contributed by atoms with Crippen LogP contribution in [0.2, 0.25) is 0 Å². The predicted octanol–water partition coefficient (Wildman–Crippen LogP) is 2.57. The molecule has 2 rings (SSSR count). The predicted molar refractivity (Wildman–Crippen MR) is 78.2 cm³/mol. The number of aryl methyl sites for hydroxylation is 1. The number of rotatable bonds is 6. The third-order valence-electron chi connectivity index (χ3n) is 3.89. The highest BCUT2D eigenvalue weighted by atomic mass is 16.5. The van der Waals surface area contributed by atoms with E-state index in [0.717, 1.165) is 38.0 Å². The van der Waals surface area contributed by atoms with Crippen LogP contribution >= 0.6 is 0 Å². The number of hydrogen-bond acceptors (Lipinski definition) is 3. The molecule has 1 atom stereocenters. The summed E-state index contributed by atoms with van der Waals surface area (Å²) in [4.78, 5) is 13.2. The first kappa shape index (κ1) is 14.9. The molecule has 4 nitrogen and oxygen atoms in total. The van der Waals surface area contributed by atoms with E-state index in [4.69, 9.17) is 4.74 Å². The summed E-state index contributed by atoms with van der Waals surface area (Å²) in [6, 6.07) is 7.68. The molecule has 1 N–H and O–H groups in total. The average Bonchev–Trinajstić information content (AvgIpc) is 2.48. The van der Waals surface area contributed by atoms with Crippen molar-refractivity contribution in [1.29, 1.82) is 0 Å². The maximum absolute atomic E-state index is 11.2. The zero-order valence-corrected chi connectivity index (χ0v) is 12.0. The Morgan fingerprint density at radius 1 is 1.40 bits per heavy atom. The van der Waals surface area contributed by atoms with Crippen molar-refractivity contribution in [3.63, 3.8) is 0 Å². The molecule has 20 heavy (non-hydrogen) atoms. The number of ether oxygens (including phenoxy) is 1. The number of benzene rings is 1. The number of piperidine rings is 1. The van der Waals surface area contributed by atoms with Crippen molar-refractivity contribution in [2.24, 2.45) is 0 Å². The smallest absolute Gasteiger partial charge is 0.320 e. The van der Waals surface area contributed by atoms with E-state index < -0.39 is 5.97 Å². The highest BCUT2D eigenvalue weighted by Crippen LogP contribution is 2.20. The lowest BCUT2D eigenvalue weighted by Gasteiger charge is -2.32. The van der Waals surface area contributed by atoms with Crippen LogP contribution in [0, 0.1) is 0 Å². The van der Waals surface area contributed by atoms with Gasteiger partial charge in [0.25, 0.3) is 0 Å². The normalized spacial score (nSPS) is 19.8. The van der Waals surface area contributed by atoms with Gasteiger partial charge in [0.15, 0.2) is 0 Å². The van der Waals surface area contributed by atoms with Gasteiger partial charge in [0, 0.05) is 6.54 Å². The van der Waals surface area contributed by atoms with Gasteiger partial charge in [-0.05, 0) is 37.4 Å². The lowest BCUT2D eigenvalue weighted by molar-refractivity contribution is -0.144. The summed E-state index contributed by atoms with van der Waals surface area (Å²) in [5.41, 5.74) is 1.20. The molecule has 1 aromatic carbocycles. The Labute approximate surface area is 120 Å². The maximum Gasteiger partial charge on any atom is 0.320 e. The molecule has 110 valence electrons. The first-order chi connectivity index (χ1) is 9.72. The van der Waals surface area contributed by atoms with Gasteiger partial charge in [-0.25, -0.2) is 0 Å². The lowest BCUT2D eigenvalue weighted by Crippen LogP contribution is -2.46. The van der Waals surface area contributed by atoms with Gasteiger partial charge in [-0.15, -0.1) is 0 Å². The van der Waals surface area contributed by atoms with Crippen molar-refractivity contribution < 1.29 is 14.6 Å². The first-order valence-electron chi connectivity index (χ1n) is 7.40. The zero-order valence-electron chi connectivity index (χ0n) is 12.0. The number of carboxylic acids is 1. The topological polar surface area (TPSA) is 49.8 Å². The second-order valence-electron chi connectivity index (χ2n) is 5.20. The number of hydrogen-bond donors (Lipinski definition) is 1. The molecule has 4 heteroatoms. The Morgan fingerprint density at radius 3 is 2.95 bits per heavy atom. The van der Waals surface area contributed by atoms with Crippen LogP contribution < -0.4 is 4.74 Å². The fourth-order valence-corrected chi connectivity index (χ4v) is 2.75. The third-order valence-corrected chi connectivity index (χ3v) is 3.89. The van der Waals surface area contributed by atoms with Gasteiger partial charge in [0.2, 0.25) is 0 Å². The molecular weight excluding hydrogens is 254 g/mol. The number of carboxylic acid groups (broad SMARTS) is 1. The van der Waals surface area contributed by atoms with Crippen molar-refractivity contribution in [3.05, 3.63) is 29.8 Å². The molecule has 0 saturated carbocycles. The second-order valence-corrected chi connectivity index (χ2v) is 5.20. The van der Waals surface area contributed by atoms with Gasteiger partial charge in [-0.1, -0.05) is 31.5 Å². The molecule has 1 aliphatic heterocycles. The van der Waals surface area contributed by atoms with E-state index in [1.165, 1.54) is 5.56 Å². The van der Waals surface area contributed by atoms with Gasteiger partial charge in [0.1, 0.15) is 18.4 Å². The molecule has 1 fully saturated rings. The van der Waals surface area contributed by atoms with Gasteiger partial charge in [-0.2, -0.15) is 0 Å². The summed E-state index contributed by atoms with van der Waals surface area (Å²) in [5, 5.41) is 9.22. The summed E-state index contributed by atoms with van der Waals surface area (Å²) in [7, 11) is 0. The molecule has 0 amide bonds. The van der Waals surface area contributed by atoms with Crippen molar-refractivity contribution in [1.82, 2.24) is 4.90 Å². The summed E-state index contributed by atoms with van der Waals surface area (Å²) < 4.78 is 5.82. The van der Waals surface area contributed by atoms with E-state index in [0.29, 0.717) is 13.2 Å². The van der Waals surface area contributed by atoms with E-state index in [2.05, 4.69) is 13.0 Å². The molecule has 1 aromatic rings. The molecule has 0 spiro atoms. The molecule has 1 unspecified atom stereocenters. The average molecular weight is 277 g/mol. The quantitative estimate of drug-likeness (QED) is 0.868. The van der Waals surface area contributed by atoms with Crippen LogP contribution in [0.4, 0.5) is 0 Å². The highest BCUT2D eigenvalue weighted by molar-refractivity contribution is 5.73. The van der Waals surface area contributed by atoms with Crippen LogP contribution in [0.3, 0.4) is 0 Å². The van der Waals surface area contributed by atoms with E-state index in [9.17, 15) is 9.90 Å². The minimum atomic E-state index is -0.710. The van der Waals surface area contributed by atoms with Gasteiger partial charge in [-0.3, -0.25) is 9.69 Å². The first-order valence-corrected chi connectivity index (χ1v) is 7.40. The Hall–Kier alpha value is -1.55. The number of carbonyl (C=O) groups is 1. The molecule has 0 bridgehead atoms. The van der Waals surface area contributed by atoms with Crippen LogP contribution in [0.5, 0.6) is 5.75 Å². The number of para-hydroxylation sites is 1. The van der Waals surface area contributed by atoms with Crippen LogP contribution in [0.15, 0.2) is 24.3 Å². The molecule has 1 heterocycles. The lowest BCUT2D eigenvalue weighted by atomic mass is 10.0. The summed E-state index contributed by atoms with van der Waals surface area (Å²) >= 11 is 0. The van der Waals surface area contributed by atoms with E-state index in [1.807, 2.05) is 23.1 Å². The van der Waals surface area contributed by atoms with Gasteiger partial charge >= 0.3 is 5.97 Å². The van der Waals surface area contributed by atoms with Crippen LogP contribution in [0.25, 0.3) is 0 Å². The second kappa shape index (κ2) is 7.29. The van der Waals surface area contributed by atoms with E-state index in [-0.39, 0.29) is 6.04 Å². The molecule has 0 aliphatic carbocycles. The Balaban J connectivity index is 1.86. The monoisotopic (exact) mass is 277 g/mol. The molecular formula is C16H23NO3. The van der Waals surface area contributed by atoms with Gasteiger partial charge in [0.05, 0.1) is 0 Å². The van der Waals surface area contributed by atoms with Crippen LogP contribution in [0.1, 0.15) is 31.7 Å². The Kier molecular flexibility index (Phi) is 5.41. The SMILES string of the molecule is CCc1ccccc1OCCN1CCCCC1C(=O)O. The highest BCUT2D eigenvalue weighted by Gasteiger charge is 2.27. The van der Waals surface area contributed by atoms with Crippen LogP contribution in [-0.4, -0.2) is 41.7 Å². The summed E-state index contributed by atoms with van der Waals surface area (Å²) in [6.45, 7) is 4.18. The molecule has 0 radical (unpaired) electrons. The number of nitrogens with zero attached hydrogens (tertiary/aromatic N) is 1. The van der Waals surface area contributed by atoms with Crippen molar-refractivity contribution in [2.75, 3.05) is 19.7 Å². The maximum atomic E-state index is 11.2. The fraction of sp³-hybridized carbons (Fsp3) is 0.562. The van der Waals surface area contributed by atoms with E-state index >= 15 is 0 Å². The fourth-order valence-electron chi connectivity index (χ4n) is 2.75. The molecule has 1 aliphatic rings. The zero-order chi connectivity index (χ0) is 14.4. The summed E-state index contributed by atoms with van der Waals surface area (Å²) in [5.74, 6) is 0.206. The summed E-state index contributed by atoms with van der Waals surface area (Å²) in [6.07, 6.45) is 3.78. The number of likely N-dealkylation sites (tertiary alicyclic amines) is 1. The Bertz CT molecular complexity index is 447. The third kappa shape index (κ3) is 3.73. The van der Waals surface area contributed by atoms with Crippen molar-refractivity contribution in [2.45, 2.75) is 38.6 Å². The number of aliphatic carboxylic acids is 1. The Morgan fingerprint density at radius 2 is 2.20 bits per heavy atom. The minimum absolute atomic E-state index is 0.339.